The maximum atomic E-state index is 12.9. The molecule has 0 unspecified atom stereocenters. The second-order valence-electron chi connectivity index (χ2n) is 8.42. The van der Waals surface area contributed by atoms with Gasteiger partial charge >= 0.3 is 0 Å². The number of carbonyl (C=O) groups is 2. The third-order valence-corrected chi connectivity index (χ3v) is 7.04. The van der Waals surface area contributed by atoms with Crippen LogP contribution in [0.2, 0.25) is 0 Å². The summed E-state index contributed by atoms with van der Waals surface area (Å²) < 4.78 is 5.64. The first-order valence-electron chi connectivity index (χ1n) is 10.9. The highest BCUT2D eigenvalue weighted by Gasteiger charge is 2.30. The minimum atomic E-state index is -0.198. The second-order valence-corrected chi connectivity index (χ2v) is 9.28. The van der Waals surface area contributed by atoms with E-state index in [0.717, 1.165) is 47.8 Å². The number of anilines is 1. The molecule has 2 amide bonds. The van der Waals surface area contributed by atoms with Gasteiger partial charge in [0.2, 0.25) is 5.91 Å². The Morgan fingerprint density at radius 3 is 2.69 bits per heavy atom. The van der Waals surface area contributed by atoms with Crippen molar-refractivity contribution in [3.05, 3.63) is 53.9 Å². The van der Waals surface area contributed by atoms with Crippen molar-refractivity contribution in [3.63, 3.8) is 0 Å². The molecule has 0 radical (unpaired) electrons. The quantitative estimate of drug-likeness (QED) is 0.592. The van der Waals surface area contributed by atoms with E-state index in [0.29, 0.717) is 17.4 Å². The van der Waals surface area contributed by atoms with Gasteiger partial charge in [-0.1, -0.05) is 37.3 Å². The highest BCUT2D eigenvalue weighted by atomic mass is 32.1. The van der Waals surface area contributed by atoms with Crippen molar-refractivity contribution in [2.45, 2.75) is 19.8 Å². The summed E-state index contributed by atoms with van der Waals surface area (Å²) >= 11 is 1.58. The lowest BCUT2D eigenvalue weighted by Crippen LogP contribution is -2.48. The van der Waals surface area contributed by atoms with E-state index in [1.165, 1.54) is 0 Å². The van der Waals surface area contributed by atoms with Gasteiger partial charge in [0, 0.05) is 29.6 Å². The summed E-state index contributed by atoms with van der Waals surface area (Å²) in [4.78, 5) is 33.8. The first kappa shape index (κ1) is 20.7. The number of likely N-dealkylation sites (tertiary alicyclic amines) is 1. The lowest BCUT2D eigenvalue weighted by molar-refractivity contribution is -0.133. The zero-order valence-corrected chi connectivity index (χ0v) is 18.8. The molecule has 2 aliphatic heterocycles. The van der Waals surface area contributed by atoms with Gasteiger partial charge in [-0.05, 0) is 37.0 Å². The molecule has 0 N–H and O–H groups in total. The number of ether oxygens (including phenoxy) is 1. The van der Waals surface area contributed by atoms with Crippen LogP contribution in [0.15, 0.2) is 53.9 Å². The van der Waals surface area contributed by atoms with E-state index in [9.17, 15) is 9.59 Å². The minimum absolute atomic E-state index is 0.0106. The molecule has 0 saturated carbocycles. The van der Waals surface area contributed by atoms with Crippen LogP contribution < -0.4 is 9.64 Å². The third-order valence-electron chi connectivity index (χ3n) is 6.15. The Labute approximate surface area is 191 Å². The summed E-state index contributed by atoms with van der Waals surface area (Å²) in [6.45, 7) is 3.72. The van der Waals surface area contributed by atoms with E-state index < -0.39 is 0 Å². The molecule has 7 heteroatoms. The van der Waals surface area contributed by atoms with Crippen molar-refractivity contribution in [3.8, 4) is 27.6 Å². The lowest BCUT2D eigenvalue weighted by atomic mass is 9.99. The number of nitrogens with zero attached hydrogens (tertiary/aromatic N) is 3. The summed E-state index contributed by atoms with van der Waals surface area (Å²) in [6.07, 6.45) is 2.02. The molecule has 0 spiro atoms. The zero-order chi connectivity index (χ0) is 22.1. The topological polar surface area (TPSA) is 62.7 Å². The number of thiazole rings is 1. The van der Waals surface area contributed by atoms with Crippen molar-refractivity contribution in [1.29, 1.82) is 0 Å². The van der Waals surface area contributed by atoms with Crippen molar-refractivity contribution < 1.29 is 14.3 Å². The van der Waals surface area contributed by atoms with E-state index in [1.54, 1.807) is 16.2 Å². The molecule has 5 rings (SSSR count). The Kier molecular flexibility index (Phi) is 5.66. The molecule has 3 aromatic rings. The van der Waals surface area contributed by atoms with Gasteiger partial charge < -0.3 is 9.64 Å². The fourth-order valence-electron chi connectivity index (χ4n) is 4.15. The van der Waals surface area contributed by atoms with Crippen LogP contribution in [0.1, 0.15) is 19.8 Å². The summed E-state index contributed by atoms with van der Waals surface area (Å²) in [5.41, 5.74) is 3.44. The van der Waals surface area contributed by atoms with E-state index in [2.05, 4.69) is 6.92 Å². The van der Waals surface area contributed by atoms with Crippen LogP contribution in [0, 0.1) is 5.92 Å². The highest BCUT2D eigenvalue weighted by molar-refractivity contribution is 7.13. The molecule has 2 aromatic carbocycles. The van der Waals surface area contributed by atoms with Crippen LogP contribution in [-0.4, -0.2) is 47.9 Å². The number of amides is 2. The standard InChI is InChI=1S/C25H25N3O3S/c1-17-9-11-27(12-10-17)23(29)14-28-21-13-19(7-8-22(21)31-15-24(28)30)20-16-32-25(26-20)18-5-3-2-4-6-18/h2-8,13,16-17H,9-12,14-15H2,1H3. The third kappa shape index (κ3) is 4.12. The Morgan fingerprint density at radius 1 is 1.12 bits per heavy atom. The van der Waals surface area contributed by atoms with E-state index in [1.807, 2.05) is 58.8 Å². The average Bonchev–Trinajstić information content (AvgIpc) is 3.32. The number of carbonyl (C=O) groups excluding carboxylic acids is 2. The first-order chi connectivity index (χ1) is 15.6. The minimum Gasteiger partial charge on any atom is -0.482 e. The van der Waals surface area contributed by atoms with Crippen molar-refractivity contribution in [2.24, 2.45) is 5.92 Å². The number of fused-ring (bicyclic) bond motifs is 1. The number of benzene rings is 2. The molecular weight excluding hydrogens is 422 g/mol. The Bertz CT molecular complexity index is 1140. The smallest absolute Gasteiger partial charge is 0.265 e. The molecular formula is C25H25N3O3S. The summed E-state index contributed by atoms with van der Waals surface area (Å²) in [5.74, 6) is 1.05. The SMILES string of the molecule is CC1CCN(C(=O)CN2C(=O)COc3ccc(-c4csc(-c5ccccc5)n4)cc32)CC1. The van der Waals surface area contributed by atoms with Gasteiger partial charge in [0.25, 0.3) is 5.91 Å². The van der Waals surface area contributed by atoms with Crippen molar-refractivity contribution >= 4 is 28.8 Å². The predicted octanol–water partition coefficient (Wildman–Crippen LogP) is 4.46. The largest absolute Gasteiger partial charge is 0.482 e. The molecule has 6 nitrogen and oxygen atoms in total. The van der Waals surface area contributed by atoms with Crippen LogP contribution in [0.25, 0.3) is 21.8 Å². The second kappa shape index (κ2) is 8.74. The fraction of sp³-hybridized carbons (Fsp3) is 0.320. The maximum Gasteiger partial charge on any atom is 0.265 e. The lowest BCUT2D eigenvalue weighted by Gasteiger charge is -2.34. The highest BCUT2D eigenvalue weighted by Crippen LogP contribution is 2.37. The molecule has 1 fully saturated rings. The fourth-order valence-corrected chi connectivity index (χ4v) is 4.98. The van der Waals surface area contributed by atoms with Gasteiger partial charge in [0.05, 0.1) is 11.4 Å². The van der Waals surface area contributed by atoms with Gasteiger partial charge in [-0.3, -0.25) is 14.5 Å². The van der Waals surface area contributed by atoms with Crippen LogP contribution in [0.3, 0.4) is 0 Å². The molecule has 0 bridgehead atoms. The molecule has 3 heterocycles. The number of hydrogen-bond acceptors (Lipinski definition) is 5. The number of piperidine rings is 1. The van der Waals surface area contributed by atoms with Crippen LogP contribution >= 0.6 is 11.3 Å². The summed E-state index contributed by atoms with van der Waals surface area (Å²) in [6, 6.07) is 15.8. The number of hydrogen-bond donors (Lipinski definition) is 0. The Hall–Kier alpha value is -3.19. The van der Waals surface area contributed by atoms with E-state index in [-0.39, 0.29) is 25.0 Å². The monoisotopic (exact) mass is 447 g/mol. The molecule has 0 atom stereocenters. The van der Waals surface area contributed by atoms with E-state index in [4.69, 9.17) is 9.72 Å². The van der Waals surface area contributed by atoms with E-state index >= 15 is 0 Å². The maximum absolute atomic E-state index is 12.9. The molecule has 2 aliphatic rings. The van der Waals surface area contributed by atoms with Gasteiger partial charge in [-0.25, -0.2) is 4.98 Å². The molecule has 32 heavy (non-hydrogen) atoms. The Morgan fingerprint density at radius 2 is 1.91 bits per heavy atom. The van der Waals surface area contributed by atoms with Crippen LogP contribution in [0.5, 0.6) is 5.75 Å². The van der Waals surface area contributed by atoms with Gasteiger partial charge in [-0.2, -0.15) is 0 Å². The Balaban J connectivity index is 1.40. The van der Waals surface area contributed by atoms with Gasteiger partial charge in [0.1, 0.15) is 17.3 Å². The van der Waals surface area contributed by atoms with Crippen molar-refractivity contribution in [2.75, 3.05) is 31.1 Å². The van der Waals surface area contributed by atoms with Crippen LogP contribution in [0.4, 0.5) is 5.69 Å². The average molecular weight is 448 g/mol. The summed E-state index contributed by atoms with van der Waals surface area (Å²) in [7, 11) is 0. The summed E-state index contributed by atoms with van der Waals surface area (Å²) in [5, 5.41) is 2.96. The number of rotatable bonds is 4. The molecule has 164 valence electrons. The molecule has 1 aromatic heterocycles. The normalized spacial score (nSPS) is 16.6. The molecule has 1 saturated heterocycles. The first-order valence-corrected chi connectivity index (χ1v) is 11.8. The number of aromatic nitrogens is 1. The zero-order valence-electron chi connectivity index (χ0n) is 18.0. The van der Waals surface area contributed by atoms with Crippen LogP contribution in [-0.2, 0) is 9.59 Å². The predicted molar refractivity (Wildman–Crippen MR) is 126 cm³/mol. The molecule has 0 aliphatic carbocycles. The van der Waals surface area contributed by atoms with Crippen molar-refractivity contribution in [1.82, 2.24) is 9.88 Å². The van der Waals surface area contributed by atoms with Gasteiger partial charge in [0.15, 0.2) is 6.61 Å². The van der Waals surface area contributed by atoms with Gasteiger partial charge in [-0.15, -0.1) is 11.3 Å².